The maximum atomic E-state index is 13.2. The second-order valence-electron chi connectivity index (χ2n) is 6.85. The molecule has 2 aromatic carbocycles. The van der Waals surface area contributed by atoms with Crippen LogP contribution in [0.15, 0.2) is 54.6 Å². The van der Waals surface area contributed by atoms with Gasteiger partial charge in [0, 0.05) is 18.7 Å². The number of amides is 1. The van der Waals surface area contributed by atoms with Gasteiger partial charge in [-0.3, -0.25) is 9.59 Å². The van der Waals surface area contributed by atoms with Gasteiger partial charge in [-0.25, -0.2) is 0 Å². The average molecular weight is 351 g/mol. The van der Waals surface area contributed by atoms with Crippen LogP contribution in [0.3, 0.4) is 0 Å². The molecular formula is C21H21NO4. The lowest BCUT2D eigenvalue weighted by atomic mass is 9.79. The molecule has 0 bridgehead atoms. The van der Waals surface area contributed by atoms with Crippen molar-refractivity contribution in [1.29, 1.82) is 0 Å². The predicted molar refractivity (Wildman–Crippen MR) is 96.0 cm³/mol. The zero-order valence-corrected chi connectivity index (χ0v) is 14.4. The first-order valence-corrected chi connectivity index (χ1v) is 8.96. The van der Waals surface area contributed by atoms with Crippen molar-refractivity contribution >= 4 is 11.9 Å². The topological polar surface area (TPSA) is 66.8 Å². The van der Waals surface area contributed by atoms with Crippen LogP contribution in [0.25, 0.3) is 0 Å². The number of rotatable bonds is 4. The van der Waals surface area contributed by atoms with Gasteiger partial charge in [-0.2, -0.15) is 0 Å². The van der Waals surface area contributed by atoms with Crippen molar-refractivity contribution in [2.45, 2.75) is 30.9 Å². The van der Waals surface area contributed by atoms with Gasteiger partial charge in [-0.1, -0.05) is 48.5 Å². The fourth-order valence-corrected chi connectivity index (χ4v) is 4.09. The lowest BCUT2D eigenvalue weighted by molar-refractivity contribution is -0.140. The van der Waals surface area contributed by atoms with E-state index in [9.17, 15) is 14.7 Å². The third-order valence-corrected chi connectivity index (χ3v) is 5.27. The van der Waals surface area contributed by atoms with Crippen LogP contribution < -0.4 is 0 Å². The summed E-state index contributed by atoms with van der Waals surface area (Å²) < 4.78 is 5.73. The highest BCUT2D eigenvalue weighted by Crippen LogP contribution is 2.43. The first kappa shape index (κ1) is 16.8. The Morgan fingerprint density at radius 2 is 1.85 bits per heavy atom. The number of hydrogen-bond acceptors (Lipinski definition) is 3. The minimum atomic E-state index is -0.920. The summed E-state index contributed by atoms with van der Waals surface area (Å²) in [5, 5.41) is 10.0. The van der Waals surface area contributed by atoms with E-state index in [2.05, 4.69) is 0 Å². The Morgan fingerprint density at radius 1 is 1.12 bits per heavy atom. The molecule has 0 aliphatic carbocycles. The van der Waals surface area contributed by atoms with Crippen molar-refractivity contribution in [1.82, 2.24) is 4.90 Å². The first-order chi connectivity index (χ1) is 12.7. The zero-order chi connectivity index (χ0) is 18.1. The van der Waals surface area contributed by atoms with Crippen LogP contribution in [0.2, 0.25) is 0 Å². The number of aliphatic carboxylic acids is 1. The average Bonchev–Trinajstić information content (AvgIpc) is 3.17. The van der Waals surface area contributed by atoms with E-state index in [1.807, 2.05) is 30.3 Å². The summed E-state index contributed by atoms with van der Waals surface area (Å²) in [5.74, 6) is -1.84. The number of nitrogens with zero attached hydrogens (tertiary/aromatic N) is 1. The van der Waals surface area contributed by atoms with Crippen molar-refractivity contribution in [3.05, 3.63) is 71.3 Å². The predicted octanol–water partition coefficient (Wildman–Crippen LogP) is 3.23. The van der Waals surface area contributed by atoms with Gasteiger partial charge in [0.2, 0.25) is 0 Å². The molecule has 5 nitrogen and oxygen atoms in total. The standard InChI is InChI=1S/C21H21NO4/c23-20-17-11-5-4-10-16(17)18(21(24)25)19(14-7-2-1-3-8-14)22(20)13-15-9-6-12-26-15/h1-5,7-8,10-11,15,18-19H,6,9,12-13H2,(H,24,25)/t15-,18+,19+/m0/s1. The summed E-state index contributed by atoms with van der Waals surface area (Å²) in [6.07, 6.45) is 1.83. The molecule has 2 heterocycles. The third kappa shape index (κ3) is 2.88. The van der Waals surface area contributed by atoms with Crippen LogP contribution in [-0.4, -0.2) is 41.1 Å². The molecule has 26 heavy (non-hydrogen) atoms. The van der Waals surface area contributed by atoms with Crippen molar-refractivity contribution in [3.63, 3.8) is 0 Å². The quantitative estimate of drug-likeness (QED) is 0.918. The molecule has 5 heteroatoms. The number of carbonyl (C=O) groups excluding carboxylic acids is 1. The molecule has 1 saturated heterocycles. The van der Waals surface area contributed by atoms with Gasteiger partial charge in [-0.05, 0) is 30.0 Å². The Morgan fingerprint density at radius 3 is 2.54 bits per heavy atom. The number of benzene rings is 2. The Kier molecular flexibility index (Phi) is 4.47. The summed E-state index contributed by atoms with van der Waals surface area (Å²) in [5.41, 5.74) is 1.90. The number of fused-ring (bicyclic) bond motifs is 1. The van der Waals surface area contributed by atoms with Crippen LogP contribution in [0.4, 0.5) is 0 Å². The van der Waals surface area contributed by atoms with Crippen molar-refractivity contribution < 1.29 is 19.4 Å². The molecular weight excluding hydrogens is 330 g/mol. The third-order valence-electron chi connectivity index (χ3n) is 5.27. The van der Waals surface area contributed by atoms with Crippen molar-refractivity contribution in [3.8, 4) is 0 Å². The molecule has 2 aliphatic heterocycles. The van der Waals surface area contributed by atoms with Crippen molar-refractivity contribution in [2.24, 2.45) is 0 Å². The van der Waals surface area contributed by atoms with Gasteiger partial charge >= 0.3 is 5.97 Å². The molecule has 0 radical (unpaired) electrons. The van der Waals surface area contributed by atoms with Gasteiger partial charge in [0.15, 0.2) is 0 Å². The maximum absolute atomic E-state index is 13.2. The summed E-state index contributed by atoms with van der Waals surface area (Å²) in [4.78, 5) is 27.2. The molecule has 2 aliphatic rings. The van der Waals surface area contributed by atoms with E-state index >= 15 is 0 Å². The molecule has 0 saturated carbocycles. The summed E-state index contributed by atoms with van der Waals surface area (Å²) >= 11 is 0. The summed E-state index contributed by atoms with van der Waals surface area (Å²) in [6, 6.07) is 15.9. The van der Waals surface area contributed by atoms with Crippen LogP contribution in [0, 0.1) is 0 Å². The smallest absolute Gasteiger partial charge is 0.313 e. The van der Waals surface area contributed by atoms with Gasteiger partial charge < -0.3 is 14.7 Å². The number of carboxylic acid groups (broad SMARTS) is 1. The molecule has 1 N–H and O–H groups in total. The highest BCUT2D eigenvalue weighted by atomic mass is 16.5. The Labute approximate surface area is 152 Å². The van der Waals surface area contributed by atoms with E-state index in [-0.39, 0.29) is 12.0 Å². The molecule has 1 fully saturated rings. The molecule has 4 rings (SSSR count). The van der Waals surface area contributed by atoms with E-state index in [1.165, 1.54) is 0 Å². The highest BCUT2D eigenvalue weighted by Gasteiger charge is 2.45. The molecule has 0 unspecified atom stereocenters. The molecule has 3 atom stereocenters. The minimum absolute atomic E-state index is 0.0372. The van der Waals surface area contributed by atoms with Crippen LogP contribution in [-0.2, 0) is 9.53 Å². The number of ether oxygens (including phenoxy) is 1. The number of hydrogen-bond donors (Lipinski definition) is 1. The fourth-order valence-electron chi connectivity index (χ4n) is 4.09. The van der Waals surface area contributed by atoms with E-state index in [1.54, 1.807) is 29.2 Å². The van der Waals surface area contributed by atoms with Crippen LogP contribution >= 0.6 is 0 Å². The molecule has 1 amide bonds. The lowest BCUT2D eigenvalue weighted by Gasteiger charge is -2.41. The van der Waals surface area contributed by atoms with Gasteiger partial charge in [-0.15, -0.1) is 0 Å². The fraction of sp³-hybridized carbons (Fsp3) is 0.333. The van der Waals surface area contributed by atoms with E-state index < -0.39 is 17.9 Å². The van der Waals surface area contributed by atoms with Gasteiger partial charge in [0.05, 0.1) is 12.1 Å². The van der Waals surface area contributed by atoms with Gasteiger partial charge in [0.1, 0.15) is 5.92 Å². The zero-order valence-electron chi connectivity index (χ0n) is 14.4. The Balaban J connectivity index is 1.83. The largest absolute Gasteiger partial charge is 0.481 e. The lowest BCUT2D eigenvalue weighted by Crippen LogP contribution is -2.47. The normalized spacial score (nSPS) is 25.2. The Bertz CT molecular complexity index is 814. The Hall–Kier alpha value is -2.66. The molecule has 134 valence electrons. The van der Waals surface area contributed by atoms with E-state index in [0.29, 0.717) is 24.3 Å². The second-order valence-corrected chi connectivity index (χ2v) is 6.85. The number of carbonyl (C=O) groups is 2. The number of carboxylic acids is 1. The van der Waals surface area contributed by atoms with Crippen LogP contribution in [0.1, 0.15) is 46.3 Å². The maximum Gasteiger partial charge on any atom is 0.313 e. The molecule has 0 aromatic heterocycles. The SMILES string of the molecule is O=C(O)[C@@H]1c2ccccc2C(=O)N(C[C@@H]2CCCO2)[C@@H]1c1ccccc1. The highest BCUT2D eigenvalue weighted by molar-refractivity contribution is 6.00. The monoisotopic (exact) mass is 351 g/mol. The second kappa shape index (κ2) is 6.92. The van der Waals surface area contributed by atoms with Gasteiger partial charge in [0.25, 0.3) is 5.91 Å². The summed E-state index contributed by atoms with van der Waals surface area (Å²) in [6.45, 7) is 1.11. The molecule has 0 spiro atoms. The minimum Gasteiger partial charge on any atom is -0.481 e. The molecule has 2 aromatic rings. The summed E-state index contributed by atoms with van der Waals surface area (Å²) in [7, 11) is 0. The van der Waals surface area contributed by atoms with Crippen molar-refractivity contribution in [2.75, 3.05) is 13.2 Å². The van der Waals surface area contributed by atoms with Crippen LogP contribution in [0.5, 0.6) is 0 Å². The van der Waals surface area contributed by atoms with E-state index in [4.69, 9.17) is 4.74 Å². The van der Waals surface area contributed by atoms with E-state index in [0.717, 1.165) is 18.4 Å². The first-order valence-electron chi connectivity index (χ1n) is 8.96.